The lowest BCUT2D eigenvalue weighted by Crippen LogP contribution is -2.47. The summed E-state index contributed by atoms with van der Waals surface area (Å²) in [7, 11) is 3.25. The van der Waals surface area contributed by atoms with Crippen molar-refractivity contribution >= 4 is 5.91 Å². The largest absolute Gasteiger partial charge is 0.493 e. The predicted molar refractivity (Wildman–Crippen MR) is 105 cm³/mol. The van der Waals surface area contributed by atoms with Gasteiger partial charge in [-0.15, -0.1) is 0 Å². The van der Waals surface area contributed by atoms with Gasteiger partial charge in [-0.1, -0.05) is 25.0 Å². The molecule has 0 bridgehead atoms. The van der Waals surface area contributed by atoms with Crippen LogP contribution >= 0.6 is 0 Å². The van der Waals surface area contributed by atoms with Gasteiger partial charge < -0.3 is 14.4 Å². The van der Waals surface area contributed by atoms with Gasteiger partial charge in [0.25, 0.3) is 0 Å². The molecule has 1 aliphatic heterocycles. The van der Waals surface area contributed by atoms with Crippen molar-refractivity contribution in [3.05, 3.63) is 58.9 Å². The zero-order chi connectivity index (χ0) is 19.7. The molecule has 1 saturated carbocycles. The highest BCUT2D eigenvalue weighted by atomic mass is 19.1. The zero-order valence-electron chi connectivity index (χ0n) is 16.5. The minimum atomic E-state index is -0.601. The van der Waals surface area contributed by atoms with Crippen LogP contribution < -0.4 is 9.47 Å². The second-order valence-corrected chi connectivity index (χ2v) is 7.75. The topological polar surface area (TPSA) is 38.8 Å². The lowest BCUT2D eigenvalue weighted by Gasteiger charge is -2.37. The number of benzene rings is 2. The molecule has 148 valence electrons. The van der Waals surface area contributed by atoms with Crippen LogP contribution in [0.5, 0.6) is 11.5 Å². The lowest BCUT2D eigenvalue weighted by molar-refractivity contribution is -0.138. The van der Waals surface area contributed by atoms with E-state index in [1.54, 1.807) is 20.3 Å². The first kappa shape index (κ1) is 18.8. The SMILES string of the molecule is COc1cc2c(cc1OC)CN(C(=O)C1(c3cccc(F)c3)CCCC1)CC2. The molecule has 1 fully saturated rings. The van der Waals surface area contributed by atoms with Gasteiger partial charge in [0, 0.05) is 13.1 Å². The monoisotopic (exact) mass is 383 g/mol. The van der Waals surface area contributed by atoms with Gasteiger partial charge in [-0.05, 0) is 60.2 Å². The summed E-state index contributed by atoms with van der Waals surface area (Å²) >= 11 is 0. The van der Waals surface area contributed by atoms with E-state index in [4.69, 9.17) is 9.47 Å². The van der Waals surface area contributed by atoms with Crippen LogP contribution in [0.3, 0.4) is 0 Å². The Labute approximate surface area is 165 Å². The van der Waals surface area contributed by atoms with Crippen LogP contribution in [0.2, 0.25) is 0 Å². The quantitative estimate of drug-likeness (QED) is 0.793. The van der Waals surface area contributed by atoms with Gasteiger partial charge in [-0.25, -0.2) is 4.39 Å². The van der Waals surface area contributed by atoms with Gasteiger partial charge in [0.05, 0.1) is 19.6 Å². The summed E-state index contributed by atoms with van der Waals surface area (Å²) < 4.78 is 24.7. The number of carbonyl (C=O) groups is 1. The third kappa shape index (κ3) is 3.13. The fourth-order valence-corrected chi connectivity index (χ4v) is 4.75. The van der Waals surface area contributed by atoms with Crippen LogP contribution in [0, 0.1) is 5.82 Å². The minimum absolute atomic E-state index is 0.121. The highest BCUT2D eigenvalue weighted by Crippen LogP contribution is 2.44. The van der Waals surface area contributed by atoms with Crippen molar-refractivity contribution < 1.29 is 18.7 Å². The van der Waals surface area contributed by atoms with Crippen LogP contribution in [0.1, 0.15) is 42.4 Å². The predicted octanol–water partition coefficient (Wildman–Crippen LogP) is 4.24. The summed E-state index contributed by atoms with van der Waals surface area (Å²) in [5, 5.41) is 0. The Kier molecular flexibility index (Phi) is 5.00. The Morgan fingerprint density at radius 3 is 2.36 bits per heavy atom. The van der Waals surface area contributed by atoms with Gasteiger partial charge >= 0.3 is 0 Å². The fraction of sp³-hybridized carbons (Fsp3) is 0.435. The van der Waals surface area contributed by atoms with E-state index in [1.807, 2.05) is 23.1 Å². The summed E-state index contributed by atoms with van der Waals surface area (Å²) in [5.41, 5.74) is 2.49. The average Bonchev–Trinajstić information content (AvgIpc) is 3.23. The molecule has 1 heterocycles. The molecular weight excluding hydrogens is 357 g/mol. The van der Waals surface area contributed by atoms with Crippen molar-refractivity contribution in [1.29, 1.82) is 0 Å². The van der Waals surface area contributed by atoms with Crippen molar-refractivity contribution in [3.63, 3.8) is 0 Å². The third-order valence-electron chi connectivity index (χ3n) is 6.25. The molecule has 1 aliphatic carbocycles. The highest BCUT2D eigenvalue weighted by molar-refractivity contribution is 5.89. The van der Waals surface area contributed by atoms with E-state index in [9.17, 15) is 9.18 Å². The molecule has 4 nitrogen and oxygen atoms in total. The van der Waals surface area contributed by atoms with Crippen molar-refractivity contribution in [2.75, 3.05) is 20.8 Å². The van der Waals surface area contributed by atoms with Gasteiger partial charge in [-0.3, -0.25) is 4.79 Å². The number of hydrogen-bond donors (Lipinski definition) is 0. The molecule has 0 spiro atoms. The van der Waals surface area contributed by atoms with Crippen molar-refractivity contribution in [2.24, 2.45) is 0 Å². The molecule has 0 N–H and O–H groups in total. The Hall–Kier alpha value is -2.56. The molecule has 28 heavy (non-hydrogen) atoms. The van der Waals surface area contributed by atoms with E-state index >= 15 is 0 Å². The molecule has 0 unspecified atom stereocenters. The summed E-state index contributed by atoms with van der Waals surface area (Å²) in [4.78, 5) is 15.6. The molecule has 0 aromatic heterocycles. The fourth-order valence-electron chi connectivity index (χ4n) is 4.75. The summed E-state index contributed by atoms with van der Waals surface area (Å²) in [6.45, 7) is 1.21. The number of halogens is 1. The molecule has 2 aromatic rings. The lowest BCUT2D eigenvalue weighted by atomic mass is 9.77. The second-order valence-electron chi connectivity index (χ2n) is 7.75. The van der Waals surface area contributed by atoms with E-state index in [1.165, 1.54) is 17.7 Å². The maximum atomic E-state index is 13.9. The van der Waals surface area contributed by atoms with E-state index < -0.39 is 5.41 Å². The number of rotatable bonds is 4. The molecule has 4 rings (SSSR count). The van der Waals surface area contributed by atoms with Crippen molar-refractivity contribution in [1.82, 2.24) is 4.90 Å². The number of fused-ring (bicyclic) bond motifs is 1. The van der Waals surface area contributed by atoms with Gasteiger partial charge in [0.1, 0.15) is 5.82 Å². The molecule has 0 atom stereocenters. The Morgan fingerprint density at radius 2 is 1.71 bits per heavy atom. The number of amides is 1. The number of nitrogens with zero attached hydrogens (tertiary/aromatic N) is 1. The summed E-state index contributed by atoms with van der Waals surface area (Å²) in [5.74, 6) is 1.23. The van der Waals surface area contributed by atoms with Gasteiger partial charge in [0.2, 0.25) is 5.91 Å². The number of carbonyl (C=O) groups excluding carboxylic acids is 1. The Balaban J connectivity index is 1.65. The van der Waals surface area contributed by atoms with Crippen LogP contribution in [0.15, 0.2) is 36.4 Å². The second kappa shape index (κ2) is 7.46. The number of ether oxygens (including phenoxy) is 2. The first-order valence-electron chi connectivity index (χ1n) is 9.86. The first-order chi connectivity index (χ1) is 13.6. The van der Waals surface area contributed by atoms with Crippen LogP contribution in [0.4, 0.5) is 4.39 Å². The van der Waals surface area contributed by atoms with E-state index in [2.05, 4.69) is 0 Å². The minimum Gasteiger partial charge on any atom is -0.493 e. The molecule has 0 saturated heterocycles. The first-order valence-corrected chi connectivity index (χ1v) is 9.86. The highest BCUT2D eigenvalue weighted by Gasteiger charge is 2.45. The van der Waals surface area contributed by atoms with E-state index in [0.717, 1.165) is 43.2 Å². The van der Waals surface area contributed by atoms with E-state index in [-0.39, 0.29) is 11.7 Å². The summed E-state index contributed by atoms with van der Waals surface area (Å²) in [6, 6.07) is 10.6. The Morgan fingerprint density at radius 1 is 1.04 bits per heavy atom. The molecule has 1 amide bonds. The van der Waals surface area contributed by atoms with Gasteiger partial charge in [0.15, 0.2) is 11.5 Å². The average molecular weight is 383 g/mol. The molecule has 2 aliphatic rings. The third-order valence-corrected chi connectivity index (χ3v) is 6.25. The van der Waals surface area contributed by atoms with Crippen LogP contribution in [0.25, 0.3) is 0 Å². The van der Waals surface area contributed by atoms with Crippen molar-refractivity contribution in [2.45, 2.75) is 44.1 Å². The van der Waals surface area contributed by atoms with Crippen LogP contribution in [-0.4, -0.2) is 31.6 Å². The zero-order valence-corrected chi connectivity index (χ0v) is 16.5. The van der Waals surface area contributed by atoms with E-state index in [0.29, 0.717) is 24.6 Å². The molecule has 0 radical (unpaired) electrons. The van der Waals surface area contributed by atoms with Gasteiger partial charge in [-0.2, -0.15) is 0 Å². The standard InChI is InChI=1S/C23H26FNO3/c1-27-20-12-16-8-11-25(15-17(16)13-21(20)28-2)22(26)23(9-3-4-10-23)18-6-5-7-19(24)14-18/h5-7,12-14H,3-4,8-11,15H2,1-2H3. The maximum Gasteiger partial charge on any atom is 0.233 e. The number of hydrogen-bond acceptors (Lipinski definition) is 3. The summed E-state index contributed by atoms with van der Waals surface area (Å²) in [6.07, 6.45) is 4.34. The smallest absolute Gasteiger partial charge is 0.233 e. The normalized spacial score (nSPS) is 17.9. The van der Waals surface area contributed by atoms with Crippen LogP contribution in [-0.2, 0) is 23.2 Å². The molecular formula is C23H26FNO3. The number of methoxy groups -OCH3 is 2. The Bertz CT molecular complexity index is 889. The molecule has 2 aromatic carbocycles. The maximum absolute atomic E-state index is 13.9. The molecule has 5 heteroatoms. The van der Waals surface area contributed by atoms with Crippen molar-refractivity contribution in [3.8, 4) is 11.5 Å².